The van der Waals surface area contributed by atoms with Gasteiger partial charge in [0.15, 0.2) is 0 Å². The van der Waals surface area contributed by atoms with E-state index in [9.17, 15) is 0 Å². The lowest BCUT2D eigenvalue weighted by Crippen LogP contribution is -2.33. The average Bonchev–Trinajstić information content (AvgIpc) is 2.88. The van der Waals surface area contributed by atoms with Crippen molar-refractivity contribution in [2.45, 2.75) is 19.4 Å². The first-order valence-corrected chi connectivity index (χ1v) is 7.00. The van der Waals surface area contributed by atoms with Crippen molar-refractivity contribution < 1.29 is 0 Å². The zero-order chi connectivity index (χ0) is 12.5. The molecule has 18 heavy (non-hydrogen) atoms. The minimum Gasteiger partial charge on any atom is -0.373 e. The van der Waals surface area contributed by atoms with E-state index in [1.54, 1.807) is 6.33 Å². The number of thiophene rings is 1. The van der Waals surface area contributed by atoms with Crippen LogP contribution in [0.15, 0.2) is 23.8 Å². The number of rotatable bonds is 2. The van der Waals surface area contributed by atoms with Gasteiger partial charge in [-0.3, -0.25) is 0 Å². The first-order chi connectivity index (χ1) is 8.79. The predicted molar refractivity (Wildman–Crippen MR) is 75.4 cm³/mol. The van der Waals surface area contributed by atoms with Crippen LogP contribution in [-0.4, -0.2) is 23.6 Å². The Morgan fingerprint density at radius 1 is 1.44 bits per heavy atom. The summed E-state index contributed by atoms with van der Waals surface area (Å²) in [5.74, 6) is 1.86. The van der Waals surface area contributed by atoms with Crippen LogP contribution in [0.5, 0.6) is 0 Å². The molecule has 0 saturated carbocycles. The van der Waals surface area contributed by atoms with Crippen LogP contribution in [0, 0.1) is 0 Å². The Hall–Kier alpha value is -1.62. The van der Waals surface area contributed by atoms with Gasteiger partial charge < -0.3 is 10.2 Å². The van der Waals surface area contributed by atoms with Gasteiger partial charge in [-0.2, -0.15) is 0 Å². The molecule has 2 aromatic rings. The van der Waals surface area contributed by atoms with Gasteiger partial charge >= 0.3 is 0 Å². The van der Waals surface area contributed by atoms with Crippen molar-refractivity contribution in [2.24, 2.45) is 0 Å². The molecule has 0 aliphatic carbocycles. The first-order valence-electron chi connectivity index (χ1n) is 6.12. The van der Waals surface area contributed by atoms with Crippen LogP contribution in [0.25, 0.3) is 0 Å². The summed E-state index contributed by atoms with van der Waals surface area (Å²) in [5, 5.41) is 5.24. The van der Waals surface area contributed by atoms with E-state index in [-0.39, 0.29) is 0 Å². The van der Waals surface area contributed by atoms with E-state index in [0.717, 1.165) is 24.6 Å². The third kappa shape index (κ3) is 1.84. The molecular weight excluding hydrogens is 244 g/mol. The smallest absolute Gasteiger partial charge is 0.134 e. The quantitative estimate of drug-likeness (QED) is 0.901. The molecule has 0 amide bonds. The Morgan fingerprint density at radius 3 is 3.17 bits per heavy atom. The molecule has 3 rings (SSSR count). The lowest BCUT2D eigenvalue weighted by atomic mass is 10.0. The molecule has 5 heteroatoms. The molecule has 1 aliphatic rings. The van der Waals surface area contributed by atoms with Crippen LogP contribution in [0.1, 0.15) is 23.4 Å². The van der Waals surface area contributed by atoms with E-state index in [2.05, 4.69) is 38.6 Å². The van der Waals surface area contributed by atoms with Crippen LogP contribution in [0.2, 0.25) is 0 Å². The summed E-state index contributed by atoms with van der Waals surface area (Å²) in [7, 11) is 1.88. The second-order valence-corrected chi connectivity index (χ2v) is 5.43. The van der Waals surface area contributed by atoms with Crippen molar-refractivity contribution in [3.05, 3.63) is 34.3 Å². The van der Waals surface area contributed by atoms with Crippen molar-refractivity contribution in [1.29, 1.82) is 0 Å². The summed E-state index contributed by atoms with van der Waals surface area (Å²) in [6.07, 6.45) is 2.73. The van der Waals surface area contributed by atoms with E-state index in [4.69, 9.17) is 0 Å². The SMILES string of the molecule is CNc1cc(N2CCc3sccc3C2C)ncn1. The van der Waals surface area contributed by atoms with E-state index in [0.29, 0.717) is 6.04 Å². The van der Waals surface area contributed by atoms with E-state index in [1.807, 2.05) is 24.5 Å². The lowest BCUT2D eigenvalue weighted by Gasteiger charge is -2.34. The van der Waals surface area contributed by atoms with Gasteiger partial charge in [-0.05, 0) is 30.4 Å². The van der Waals surface area contributed by atoms with Crippen LogP contribution in [0.4, 0.5) is 11.6 Å². The number of fused-ring (bicyclic) bond motifs is 1. The molecule has 3 heterocycles. The fraction of sp³-hybridized carbons (Fsp3) is 0.385. The molecule has 1 unspecified atom stereocenters. The maximum atomic E-state index is 4.40. The van der Waals surface area contributed by atoms with Crippen molar-refractivity contribution in [1.82, 2.24) is 9.97 Å². The highest BCUT2D eigenvalue weighted by Gasteiger charge is 2.25. The molecule has 0 saturated heterocycles. The summed E-state index contributed by atoms with van der Waals surface area (Å²) in [6.45, 7) is 3.26. The highest BCUT2D eigenvalue weighted by atomic mass is 32.1. The van der Waals surface area contributed by atoms with Gasteiger partial charge in [0.1, 0.15) is 18.0 Å². The van der Waals surface area contributed by atoms with Gasteiger partial charge in [-0.15, -0.1) is 11.3 Å². The largest absolute Gasteiger partial charge is 0.373 e. The predicted octanol–water partition coefficient (Wildman–Crippen LogP) is 2.70. The van der Waals surface area contributed by atoms with E-state index >= 15 is 0 Å². The van der Waals surface area contributed by atoms with Crippen molar-refractivity contribution in [2.75, 3.05) is 23.8 Å². The van der Waals surface area contributed by atoms with Crippen LogP contribution >= 0.6 is 11.3 Å². The fourth-order valence-corrected chi connectivity index (χ4v) is 3.43. The molecule has 0 spiro atoms. The molecule has 2 aromatic heterocycles. The summed E-state index contributed by atoms with van der Waals surface area (Å²) < 4.78 is 0. The highest BCUT2D eigenvalue weighted by Crippen LogP contribution is 2.35. The van der Waals surface area contributed by atoms with Gasteiger partial charge in [0.05, 0.1) is 6.04 Å². The minimum absolute atomic E-state index is 0.389. The third-order valence-corrected chi connectivity index (χ3v) is 4.48. The minimum atomic E-state index is 0.389. The van der Waals surface area contributed by atoms with Gasteiger partial charge in [-0.1, -0.05) is 0 Å². The maximum absolute atomic E-state index is 4.40. The first kappa shape index (κ1) is 11.5. The summed E-state index contributed by atoms with van der Waals surface area (Å²) >= 11 is 1.86. The molecule has 1 atom stereocenters. The van der Waals surface area contributed by atoms with Crippen molar-refractivity contribution in [3.8, 4) is 0 Å². The second-order valence-electron chi connectivity index (χ2n) is 4.43. The molecule has 0 aromatic carbocycles. The monoisotopic (exact) mass is 260 g/mol. The standard InChI is InChI=1S/C13H16N4S/c1-9-10-4-6-18-11(10)3-5-17(9)13-7-12(14-2)15-8-16-13/h4,6-9H,3,5H2,1-2H3,(H,14,15,16). The number of anilines is 2. The average molecular weight is 260 g/mol. The molecular formula is C13H16N4S. The van der Waals surface area contributed by atoms with Crippen LogP contribution in [-0.2, 0) is 6.42 Å². The molecule has 94 valence electrons. The zero-order valence-corrected chi connectivity index (χ0v) is 11.4. The lowest BCUT2D eigenvalue weighted by molar-refractivity contribution is 0.624. The fourth-order valence-electron chi connectivity index (χ4n) is 2.46. The summed E-state index contributed by atoms with van der Waals surface area (Å²) in [6, 6.07) is 4.63. The van der Waals surface area contributed by atoms with E-state index < -0.39 is 0 Å². The number of nitrogens with zero attached hydrogens (tertiary/aromatic N) is 3. The van der Waals surface area contributed by atoms with Crippen LogP contribution < -0.4 is 10.2 Å². The number of hydrogen-bond acceptors (Lipinski definition) is 5. The van der Waals surface area contributed by atoms with Gasteiger partial charge in [-0.25, -0.2) is 9.97 Å². The summed E-state index contributed by atoms with van der Waals surface area (Å²) in [5.41, 5.74) is 1.44. The number of aromatic nitrogens is 2. The topological polar surface area (TPSA) is 41.0 Å². The van der Waals surface area contributed by atoms with E-state index in [1.165, 1.54) is 10.4 Å². The van der Waals surface area contributed by atoms with Crippen LogP contribution in [0.3, 0.4) is 0 Å². The Bertz CT molecular complexity index is 551. The third-order valence-electron chi connectivity index (χ3n) is 3.48. The molecule has 0 fully saturated rings. The molecule has 4 nitrogen and oxygen atoms in total. The van der Waals surface area contributed by atoms with Gasteiger partial charge in [0, 0.05) is 24.5 Å². The van der Waals surface area contributed by atoms with Gasteiger partial charge in [0.25, 0.3) is 0 Å². The molecule has 0 bridgehead atoms. The Labute approximate surface area is 111 Å². The molecule has 1 N–H and O–H groups in total. The second kappa shape index (κ2) is 4.57. The highest BCUT2D eigenvalue weighted by molar-refractivity contribution is 7.10. The molecule has 0 radical (unpaired) electrons. The Morgan fingerprint density at radius 2 is 2.33 bits per heavy atom. The number of hydrogen-bond donors (Lipinski definition) is 1. The normalized spacial score (nSPS) is 18.6. The van der Waals surface area contributed by atoms with Crippen molar-refractivity contribution >= 4 is 23.0 Å². The van der Waals surface area contributed by atoms with Crippen molar-refractivity contribution in [3.63, 3.8) is 0 Å². The summed E-state index contributed by atoms with van der Waals surface area (Å²) in [4.78, 5) is 12.4. The Kier molecular flexibility index (Phi) is 2.91. The Balaban J connectivity index is 1.94. The maximum Gasteiger partial charge on any atom is 0.134 e. The number of nitrogens with one attached hydrogen (secondary N) is 1. The zero-order valence-electron chi connectivity index (χ0n) is 10.6. The van der Waals surface area contributed by atoms with Gasteiger partial charge in [0.2, 0.25) is 0 Å². The molecule has 1 aliphatic heterocycles.